The highest BCUT2D eigenvalue weighted by atomic mass is 32.1. The Balaban J connectivity index is 1.22. The molecule has 0 saturated heterocycles. The monoisotopic (exact) mass is 784 g/mol. The summed E-state index contributed by atoms with van der Waals surface area (Å²) >= 11 is 1.88. The van der Waals surface area contributed by atoms with Gasteiger partial charge in [0, 0.05) is 54.3 Å². The minimum absolute atomic E-state index is 0.00420. The van der Waals surface area contributed by atoms with Crippen molar-refractivity contribution in [2.24, 2.45) is 0 Å². The topological polar surface area (TPSA) is 6.48 Å². The average molecular weight is 785 g/mol. The Kier molecular flexibility index (Phi) is 8.44. The number of thiophene rings is 1. The minimum Gasteiger partial charge on any atom is -0.311 e. The molecule has 10 rings (SSSR count). The van der Waals surface area contributed by atoms with Crippen LogP contribution in [0.4, 0.5) is 34.1 Å². The first-order valence-electron chi connectivity index (χ1n) is 21.2. The van der Waals surface area contributed by atoms with Crippen molar-refractivity contribution in [2.45, 2.75) is 85.5 Å². The molecule has 2 aliphatic heterocycles. The molecule has 4 heteroatoms. The normalized spacial score (nSPS) is 13.8. The van der Waals surface area contributed by atoms with Crippen LogP contribution in [-0.2, 0) is 16.2 Å². The molecular formula is C55H53BN2S. The largest absolute Gasteiger partial charge is 0.311 e. The number of hydrogen-bond donors (Lipinski definition) is 0. The molecule has 2 nitrogen and oxygen atoms in total. The molecule has 0 N–H and O–H groups in total. The zero-order chi connectivity index (χ0) is 41.2. The van der Waals surface area contributed by atoms with Crippen LogP contribution in [0.15, 0.2) is 140 Å². The summed E-state index contributed by atoms with van der Waals surface area (Å²) in [4.78, 5) is 5.13. The maximum Gasteiger partial charge on any atom is 0.252 e. The van der Waals surface area contributed by atoms with Crippen molar-refractivity contribution in [3.8, 4) is 11.1 Å². The highest BCUT2D eigenvalue weighted by Crippen LogP contribution is 2.47. The lowest BCUT2D eigenvalue weighted by Gasteiger charge is -2.45. The zero-order valence-electron chi connectivity index (χ0n) is 36.2. The molecule has 0 bridgehead atoms. The Morgan fingerprint density at radius 3 is 1.58 bits per heavy atom. The van der Waals surface area contributed by atoms with Crippen molar-refractivity contribution in [3.63, 3.8) is 0 Å². The minimum atomic E-state index is -0.0116. The lowest BCUT2D eigenvalue weighted by atomic mass is 9.33. The second kappa shape index (κ2) is 13.2. The predicted octanol–water partition coefficient (Wildman–Crippen LogP) is 14.0. The maximum absolute atomic E-state index is 2.57. The van der Waals surface area contributed by atoms with Gasteiger partial charge in [0.15, 0.2) is 0 Å². The molecule has 0 saturated carbocycles. The number of rotatable bonds is 3. The SMILES string of the molecule is Cc1cc2c3c(c1)N(c1cccc(-c4ccc5c(c4)sc4ccccc45)c1)c1cc(C(C)(C)C)ccc1B3c1ccc(C(C)(C)C)cc1N2c1ccc(C(C)(C)C)cc1. The average Bonchev–Trinajstić information content (AvgIpc) is 3.57. The molecular weight excluding hydrogens is 731 g/mol. The predicted molar refractivity (Wildman–Crippen MR) is 260 cm³/mol. The number of fused-ring (bicyclic) bond motifs is 7. The van der Waals surface area contributed by atoms with Crippen molar-refractivity contribution >= 4 is 88.7 Å². The van der Waals surface area contributed by atoms with Gasteiger partial charge in [-0.25, -0.2) is 0 Å². The molecule has 59 heavy (non-hydrogen) atoms. The third kappa shape index (κ3) is 6.22. The van der Waals surface area contributed by atoms with E-state index in [1.807, 2.05) is 11.3 Å². The molecule has 292 valence electrons. The molecule has 2 aliphatic rings. The van der Waals surface area contributed by atoms with E-state index in [9.17, 15) is 0 Å². The number of hydrogen-bond acceptors (Lipinski definition) is 3. The third-order valence-corrected chi connectivity index (χ3v) is 13.9. The zero-order valence-corrected chi connectivity index (χ0v) is 37.0. The van der Waals surface area contributed by atoms with Crippen molar-refractivity contribution in [1.82, 2.24) is 0 Å². The summed E-state index contributed by atoms with van der Waals surface area (Å²) in [6.07, 6.45) is 0. The van der Waals surface area contributed by atoms with Gasteiger partial charge in [-0.05, 0) is 134 Å². The van der Waals surface area contributed by atoms with Gasteiger partial charge in [-0.1, -0.05) is 141 Å². The number of benzene rings is 7. The Bertz CT molecular complexity index is 2970. The van der Waals surface area contributed by atoms with E-state index in [1.165, 1.54) is 104 Å². The first-order valence-corrected chi connectivity index (χ1v) is 22.0. The van der Waals surface area contributed by atoms with Gasteiger partial charge in [0.2, 0.25) is 0 Å². The number of nitrogens with zero attached hydrogens (tertiary/aromatic N) is 2. The van der Waals surface area contributed by atoms with Gasteiger partial charge < -0.3 is 9.80 Å². The van der Waals surface area contributed by atoms with E-state index in [0.717, 1.165) is 0 Å². The first kappa shape index (κ1) is 37.7. The highest BCUT2D eigenvalue weighted by Gasteiger charge is 2.44. The van der Waals surface area contributed by atoms with Gasteiger partial charge in [-0.2, -0.15) is 0 Å². The van der Waals surface area contributed by atoms with Crippen molar-refractivity contribution in [3.05, 3.63) is 162 Å². The van der Waals surface area contributed by atoms with Crippen LogP contribution in [0.2, 0.25) is 0 Å². The summed E-state index contributed by atoms with van der Waals surface area (Å²) in [6, 6.07) is 53.8. The van der Waals surface area contributed by atoms with Crippen molar-refractivity contribution in [2.75, 3.05) is 9.80 Å². The van der Waals surface area contributed by atoms with Crippen LogP contribution in [0, 0.1) is 6.92 Å². The van der Waals surface area contributed by atoms with Gasteiger partial charge in [-0.15, -0.1) is 11.3 Å². The number of anilines is 6. The van der Waals surface area contributed by atoms with Crippen LogP contribution in [0.1, 0.15) is 84.6 Å². The van der Waals surface area contributed by atoms with E-state index >= 15 is 0 Å². The lowest BCUT2D eigenvalue weighted by molar-refractivity contribution is 0.590. The summed E-state index contributed by atoms with van der Waals surface area (Å²) in [5, 5.41) is 2.66. The Labute approximate surface area is 355 Å². The van der Waals surface area contributed by atoms with Gasteiger partial charge >= 0.3 is 0 Å². The highest BCUT2D eigenvalue weighted by molar-refractivity contribution is 7.25. The molecule has 0 atom stereocenters. The van der Waals surface area contributed by atoms with Crippen LogP contribution in [0.5, 0.6) is 0 Å². The molecule has 0 aliphatic carbocycles. The van der Waals surface area contributed by atoms with E-state index < -0.39 is 0 Å². The van der Waals surface area contributed by atoms with Crippen LogP contribution in [0.3, 0.4) is 0 Å². The summed E-state index contributed by atoms with van der Waals surface area (Å²) in [7, 11) is 0. The van der Waals surface area contributed by atoms with Crippen LogP contribution in [0.25, 0.3) is 31.3 Å². The molecule has 0 radical (unpaired) electrons. The molecule has 3 heterocycles. The van der Waals surface area contributed by atoms with E-state index in [0.29, 0.717) is 0 Å². The quantitative estimate of drug-likeness (QED) is 0.165. The Morgan fingerprint density at radius 2 is 0.966 bits per heavy atom. The smallest absolute Gasteiger partial charge is 0.252 e. The number of aryl methyl sites for hydroxylation is 1. The molecule has 8 aromatic rings. The molecule has 0 unspecified atom stereocenters. The standard InChI is InChI=1S/C55H53BN2S/c1-34-28-48-52-49(29-34)58(41-15-13-14-35(30-41)36-18-25-43-42-16-11-12-17-50(42)59-51(43)31-36)47-33-39(55(8,9)10)22-27-45(47)56(52)44-26-21-38(54(5,6)7)32-46(44)57(48)40-23-19-37(20-24-40)53(2,3)4/h11-33H,1-10H3. The maximum atomic E-state index is 2.57. The van der Waals surface area contributed by atoms with Crippen molar-refractivity contribution in [1.29, 1.82) is 0 Å². The fourth-order valence-electron chi connectivity index (χ4n) is 9.46. The summed E-state index contributed by atoms with van der Waals surface area (Å²) < 4.78 is 2.66. The molecule has 0 spiro atoms. The molecule has 0 fully saturated rings. The van der Waals surface area contributed by atoms with E-state index in [-0.39, 0.29) is 23.0 Å². The Morgan fingerprint density at radius 1 is 0.424 bits per heavy atom. The fourth-order valence-corrected chi connectivity index (χ4v) is 10.6. The van der Waals surface area contributed by atoms with Crippen molar-refractivity contribution < 1.29 is 0 Å². The van der Waals surface area contributed by atoms with Gasteiger partial charge in [0.1, 0.15) is 0 Å². The molecule has 1 aromatic heterocycles. The van der Waals surface area contributed by atoms with Crippen LogP contribution >= 0.6 is 11.3 Å². The van der Waals surface area contributed by atoms with Crippen LogP contribution in [-0.4, -0.2) is 6.71 Å². The fraction of sp³-hybridized carbons (Fsp3) is 0.236. The van der Waals surface area contributed by atoms with E-state index in [4.69, 9.17) is 0 Å². The van der Waals surface area contributed by atoms with Gasteiger partial charge in [-0.3, -0.25) is 0 Å². The summed E-state index contributed by atoms with van der Waals surface area (Å²) in [5.74, 6) is 0. The van der Waals surface area contributed by atoms with E-state index in [1.54, 1.807) is 0 Å². The molecule has 7 aromatic carbocycles. The molecule has 0 amide bonds. The summed E-state index contributed by atoms with van der Waals surface area (Å²) in [5.41, 5.74) is 19.3. The second-order valence-corrected chi connectivity index (χ2v) is 21.1. The Hall–Kier alpha value is -5.58. The van der Waals surface area contributed by atoms with E-state index in [2.05, 4.69) is 219 Å². The lowest BCUT2D eigenvalue weighted by Crippen LogP contribution is -2.61. The van der Waals surface area contributed by atoms with Crippen LogP contribution < -0.4 is 26.2 Å². The summed E-state index contributed by atoms with van der Waals surface area (Å²) in [6.45, 7) is 23.2. The third-order valence-electron chi connectivity index (χ3n) is 12.8. The van der Waals surface area contributed by atoms with Gasteiger partial charge in [0.25, 0.3) is 6.71 Å². The second-order valence-electron chi connectivity index (χ2n) is 20.0. The van der Waals surface area contributed by atoms with Gasteiger partial charge in [0.05, 0.1) is 0 Å². The first-order chi connectivity index (χ1) is 28.0.